The third-order valence-electron chi connectivity index (χ3n) is 2.08. The molecule has 0 saturated heterocycles. The summed E-state index contributed by atoms with van der Waals surface area (Å²) in [5.74, 6) is -0.589. The van der Waals surface area contributed by atoms with E-state index in [0.29, 0.717) is 13.2 Å². The van der Waals surface area contributed by atoms with Crippen LogP contribution in [-0.4, -0.2) is 41.9 Å². The van der Waals surface area contributed by atoms with Crippen molar-refractivity contribution in [3.63, 3.8) is 0 Å². The second-order valence-corrected chi connectivity index (χ2v) is 5.23. The molecule has 1 rings (SSSR count). The largest absolute Gasteiger partial charge is 0.382 e. The van der Waals surface area contributed by atoms with Gasteiger partial charge >= 0.3 is 0 Å². The molecule has 0 spiro atoms. The van der Waals surface area contributed by atoms with Gasteiger partial charge in [0.15, 0.2) is 0 Å². The van der Waals surface area contributed by atoms with Gasteiger partial charge in [0.25, 0.3) is 0 Å². The van der Waals surface area contributed by atoms with Crippen molar-refractivity contribution in [2.24, 2.45) is 0 Å². The van der Waals surface area contributed by atoms with Gasteiger partial charge in [0.2, 0.25) is 10.0 Å². The maximum absolute atomic E-state index is 12.9. The van der Waals surface area contributed by atoms with Crippen molar-refractivity contribution in [3.05, 3.63) is 30.1 Å². The molecule has 0 saturated carbocycles. The first kappa shape index (κ1) is 15.0. The lowest BCUT2D eigenvalue weighted by Crippen LogP contribution is -2.27. The van der Waals surface area contributed by atoms with E-state index in [2.05, 4.69) is 4.72 Å². The van der Waals surface area contributed by atoms with Crippen molar-refractivity contribution in [2.45, 2.75) is 4.90 Å². The summed E-state index contributed by atoms with van der Waals surface area (Å²) in [6.45, 7) is 1.22. The maximum Gasteiger partial charge on any atom is 0.240 e. The second kappa shape index (κ2) is 7.42. The van der Waals surface area contributed by atoms with Gasteiger partial charge < -0.3 is 9.47 Å². The Morgan fingerprint density at radius 2 is 2.06 bits per heavy atom. The maximum atomic E-state index is 12.9. The first-order valence-electron chi connectivity index (χ1n) is 5.38. The summed E-state index contributed by atoms with van der Waals surface area (Å²) in [6, 6.07) is 4.83. The molecule has 0 aliphatic carbocycles. The third-order valence-corrected chi connectivity index (χ3v) is 3.54. The Hall–Kier alpha value is -1.02. The zero-order valence-electron chi connectivity index (χ0n) is 10.1. The zero-order chi connectivity index (χ0) is 13.4. The first-order chi connectivity index (χ1) is 8.56. The molecule has 0 heterocycles. The average Bonchev–Trinajstić information content (AvgIpc) is 2.33. The first-order valence-corrected chi connectivity index (χ1v) is 6.86. The van der Waals surface area contributed by atoms with Crippen molar-refractivity contribution in [3.8, 4) is 0 Å². The van der Waals surface area contributed by atoms with Crippen molar-refractivity contribution in [1.82, 2.24) is 4.72 Å². The van der Waals surface area contributed by atoms with Gasteiger partial charge in [-0.15, -0.1) is 0 Å². The Kier molecular flexibility index (Phi) is 6.20. The predicted octanol–water partition coefficient (Wildman–Crippen LogP) is 0.767. The highest BCUT2D eigenvalue weighted by Crippen LogP contribution is 2.09. The summed E-state index contributed by atoms with van der Waals surface area (Å²) >= 11 is 0. The number of sulfonamides is 1. The molecule has 0 radical (unpaired) electrons. The Balaban J connectivity index is 2.41. The van der Waals surface area contributed by atoms with Crippen LogP contribution in [0.5, 0.6) is 0 Å². The lowest BCUT2D eigenvalue weighted by Gasteiger charge is -2.07. The number of halogens is 1. The molecule has 18 heavy (non-hydrogen) atoms. The van der Waals surface area contributed by atoms with Crippen molar-refractivity contribution in [2.75, 3.05) is 33.5 Å². The van der Waals surface area contributed by atoms with Gasteiger partial charge in [-0.05, 0) is 18.2 Å². The highest BCUT2D eigenvalue weighted by Gasteiger charge is 2.13. The van der Waals surface area contributed by atoms with Gasteiger partial charge in [0.05, 0.1) is 24.7 Å². The molecule has 5 nitrogen and oxygen atoms in total. The normalized spacial score (nSPS) is 11.7. The topological polar surface area (TPSA) is 64.6 Å². The van der Waals surface area contributed by atoms with E-state index in [-0.39, 0.29) is 18.0 Å². The summed E-state index contributed by atoms with van der Waals surface area (Å²) in [5, 5.41) is 0. The molecule has 1 aromatic carbocycles. The van der Waals surface area contributed by atoms with Crippen LogP contribution in [0.4, 0.5) is 4.39 Å². The monoisotopic (exact) mass is 277 g/mol. The van der Waals surface area contributed by atoms with E-state index < -0.39 is 15.8 Å². The van der Waals surface area contributed by atoms with Crippen LogP contribution in [0, 0.1) is 5.82 Å². The fraction of sp³-hybridized carbons (Fsp3) is 0.455. The van der Waals surface area contributed by atoms with Gasteiger partial charge in [-0.3, -0.25) is 0 Å². The molecule has 102 valence electrons. The average molecular weight is 277 g/mol. The molecule has 0 amide bonds. The smallest absolute Gasteiger partial charge is 0.240 e. The summed E-state index contributed by atoms with van der Waals surface area (Å²) in [6.07, 6.45) is 0. The molecule has 7 heteroatoms. The Bertz CT molecular complexity index is 464. The molecular weight excluding hydrogens is 261 g/mol. The Morgan fingerprint density at radius 3 is 2.72 bits per heavy atom. The van der Waals surface area contributed by atoms with Gasteiger partial charge in [0, 0.05) is 13.7 Å². The van der Waals surface area contributed by atoms with Crippen LogP contribution < -0.4 is 4.72 Å². The van der Waals surface area contributed by atoms with Crippen LogP contribution in [0.3, 0.4) is 0 Å². The van der Waals surface area contributed by atoms with E-state index in [1.165, 1.54) is 18.2 Å². The molecule has 0 fully saturated rings. The number of benzene rings is 1. The number of hydrogen-bond acceptors (Lipinski definition) is 4. The molecule has 0 aromatic heterocycles. The summed E-state index contributed by atoms with van der Waals surface area (Å²) in [7, 11) is -2.13. The molecule has 0 atom stereocenters. The van der Waals surface area contributed by atoms with Crippen molar-refractivity contribution < 1.29 is 22.3 Å². The van der Waals surface area contributed by atoms with E-state index in [1.54, 1.807) is 7.11 Å². The number of ether oxygens (including phenoxy) is 2. The minimum absolute atomic E-state index is 0.0978. The van der Waals surface area contributed by atoms with Crippen LogP contribution in [0.15, 0.2) is 29.2 Å². The molecule has 1 N–H and O–H groups in total. The van der Waals surface area contributed by atoms with E-state index in [0.717, 1.165) is 6.07 Å². The van der Waals surface area contributed by atoms with Crippen LogP contribution in [0.2, 0.25) is 0 Å². The van der Waals surface area contributed by atoms with Gasteiger partial charge in [-0.2, -0.15) is 0 Å². The van der Waals surface area contributed by atoms with E-state index in [4.69, 9.17) is 9.47 Å². The molecule has 1 aromatic rings. The number of nitrogens with one attached hydrogen (secondary N) is 1. The second-order valence-electron chi connectivity index (χ2n) is 3.46. The molecular formula is C11H16FNO4S. The third kappa shape index (κ3) is 5.09. The van der Waals surface area contributed by atoms with Crippen molar-refractivity contribution in [1.29, 1.82) is 0 Å². The fourth-order valence-corrected chi connectivity index (χ4v) is 2.25. The zero-order valence-corrected chi connectivity index (χ0v) is 10.9. The summed E-state index contributed by atoms with van der Waals surface area (Å²) in [5.41, 5.74) is 0. The standard InChI is InChI=1S/C11H16FNO4S/c1-16-7-8-17-6-5-13-18(14,15)11-4-2-3-10(12)9-11/h2-4,9,13H,5-8H2,1H3. The summed E-state index contributed by atoms with van der Waals surface area (Å²) in [4.78, 5) is -0.0978. The lowest BCUT2D eigenvalue weighted by molar-refractivity contribution is 0.0736. The Labute approximate surface area is 106 Å². The highest BCUT2D eigenvalue weighted by atomic mass is 32.2. The number of rotatable bonds is 8. The quantitative estimate of drug-likeness (QED) is 0.713. The molecule has 0 bridgehead atoms. The van der Waals surface area contributed by atoms with Crippen LogP contribution in [0.1, 0.15) is 0 Å². The minimum atomic E-state index is -3.68. The molecule has 0 unspecified atom stereocenters. The number of methoxy groups -OCH3 is 1. The van der Waals surface area contributed by atoms with E-state index >= 15 is 0 Å². The highest BCUT2D eigenvalue weighted by molar-refractivity contribution is 7.89. The fourth-order valence-electron chi connectivity index (χ4n) is 1.21. The van der Waals surface area contributed by atoms with Gasteiger partial charge in [-0.25, -0.2) is 17.5 Å². The predicted molar refractivity (Wildman–Crippen MR) is 64.3 cm³/mol. The van der Waals surface area contributed by atoms with Crippen LogP contribution >= 0.6 is 0 Å². The minimum Gasteiger partial charge on any atom is -0.382 e. The van der Waals surface area contributed by atoms with E-state index in [9.17, 15) is 12.8 Å². The number of hydrogen-bond donors (Lipinski definition) is 1. The molecule has 0 aliphatic heterocycles. The van der Waals surface area contributed by atoms with E-state index in [1.807, 2.05) is 0 Å². The molecule has 0 aliphatic rings. The Morgan fingerprint density at radius 1 is 1.28 bits per heavy atom. The SMILES string of the molecule is COCCOCCNS(=O)(=O)c1cccc(F)c1. The van der Waals surface area contributed by atoms with Crippen LogP contribution in [-0.2, 0) is 19.5 Å². The van der Waals surface area contributed by atoms with Gasteiger partial charge in [-0.1, -0.05) is 6.07 Å². The lowest BCUT2D eigenvalue weighted by atomic mass is 10.4. The van der Waals surface area contributed by atoms with Crippen molar-refractivity contribution >= 4 is 10.0 Å². The van der Waals surface area contributed by atoms with Gasteiger partial charge in [0.1, 0.15) is 5.82 Å². The van der Waals surface area contributed by atoms with Crippen LogP contribution in [0.25, 0.3) is 0 Å². The summed E-state index contributed by atoms with van der Waals surface area (Å²) < 4.78 is 48.5.